The second kappa shape index (κ2) is 5.40. The van der Waals surface area contributed by atoms with Crippen molar-refractivity contribution in [1.29, 1.82) is 0 Å². The van der Waals surface area contributed by atoms with Crippen molar-refractivity contribution >= 4 is 5.69 Å². The van der Waals surface area contributed by atoms with Gasteiger partial charge in [-0.2, -0.15) is 0 Å². The molecule has 0 fully saturated rings. The Labute approximate surface area is 123 Å². The summed E-state index contributed by atoms with van der Waals surface area (Å²) in [5, 5.41) is 11.6. The number of nitrogens with one attached hydrogen (secondary N) is 1. The van der Waals surface area contributed by atoms with E-state index in [1.807, 2.05) is 59.9 Å². The molecule has 0 amide bonds. The Balaban J connectivity index is 1.93. The lowest BCUT2D eigenvalue weighted by molar-refractivity contribution is 0.721. The Morgan fingerprint density at radius 1 is 1.14 bits per heavy atom. The van der Waals surface area contributed by atoms with E-state index in [9.17, 15) is 0 Å². The number of hydrogen-bond donors (Lipinski definition) is 1. The van der Waals surface area contributed by atoms with Crippen molar-refractivity contribution in [2.45, 2.75) is 13.0 Å². The van der Waals surface area contributed by atoms with Crippen molar-refractivity contribution in [3.8, 4) is 11.4 Å². The molecule has 6 heteroatoms. The number of para-hydroxylation sites is 1. The van der Waals surface area contributed by atoms with E-state index < -0.39 is 0 Å². The Bertz CT molecular complexity index is 742. The van der Waals surface area contributed by atoms with Crippen molar-refractivity contribution in [2.24, 2.45) is 14.1 Å². The lowest BCUT2D eigenvalue weighted by Gasteiger charge is -2.17. The average molecular weight is 282 g/mol. The van der Waals surface area contributed by atoms with Crippen LogP contribution in [0.2, 0.25) is 0 Å². The first-order valence-electron chi connectivity index (χ1n) is 6.84. The van der Waals surface area contributed by atoms with Gasteiger partial charge in [0.25, 0.3) is 0 Å². The van der Waals surface area contributed by atoms with Crippen LogP contribution in [0.15, 0.2) is 43.0 Å². The second-order valence-electron chi connectivity index (χ2n) is 5.07. The van der Waals surface area contributed by atoms with Crippen LogP contribution in [0.3, 0.4) is 0 Å². The third-order valence-corrected chi connectivity index (χ3v) is 3.50. The molecule has 0 aliphatic carbocycles. The Morgan fingerprint density at radius 2 is 1.95 bits per heavy atom. The zero-order valence-corrected chi connectivity index (χ0v) is 12.4. The van der Waals surface area contributed by atoms with Crippen LogP contribution in [0.1, 0.15) is 18.8 Å². The van der Waals surface area contributed by atoms with Gasteiger partial charge in [0.05, 0.1) is 6.04 Å². The van der Waals surface area contributed by atoms with Crippen molar-refractivity contribution in [3.63, 3.8) is 0 Å². The highest BCUT2D eigenvalue weighted by atomic mass is 15.2. The molecule has 0 spiro atoms. The summed E-state index contributed by atoms with van der Waals surface area (Å²) < 4.78 is 3.93. The first-order valence-corrected chi connectivity index (χ1v) is 6.84. The normalized spacial score (nSPS) is 12.3. The van der Waals surface area contributed by atoms with E-state index in [2.05, 4.69) is 27.4 Å². The van der Waals surface area contributed by atoms with Gasteiger partial charge in [-0.15, -0.1) is 10.2 Å². The number of benzene rings is 1. The molecule has 0 aliphatic rings. The molecule has 3 aromatic rings. The molecule has 0 radical (unpaired) electrons. The van der Waals surface area contributed by atoms with E-state index in [1.165, 1.54) is 0 Å². The van der Waals surface area contributed by atoms with E-state index in [-0.39, 0.29) is 6.04 Å². The van der Waals surface area contributed by atoms with Crippen LogP contribution < -0.4 is 5.32 Å². The van der Waals surface area contributed by atoms with Gasteiger partial charge in [-0.3, -0.25) is 0 Å². The van der Waals surface area contributed by atoms with Crippen LogP contribution in [-0.4, -0.2) is 24.3 Å². The summed E-state index contributed by atoms with van der Waals surface area (Å²) in [4.78, 5) is 4.39. The zero-order valence-electron chi connectivity index (χ0n) is 12.4. The molecule has 1 aromatic carbocycles. The number of hydrogen-bond acceptors (Lipinski definition) is 4. The standard InChI is InChI=1S/C15H18N6/c1-11(14-16-8-9-20(14)2)18-13-7-5-4-6-12(13)15-19-17-10-21(15)3/h4-11,18H,1-3H3. The van der Waals surface area contributed by atoms with Crippen LogP contribution >= 0.6 is 0 Å². The number of anilines is 1. The van der Waals surface area contributed by atoms with Gasteiger partial charge in [0.1, 0.15) is 12.2 Å². The highest BCUT2D eigenvalue weighted by molar-refractivity contribution is 5.73. The monoisotopic (exact) mass is 282 g/mol. The molecule has 3 rings (SSSR count). The maximum Gasteiger partial charge on any atom is 0.165 e. The summed E-state index contributed by atoms with van der Waals surface area (Å²) in [5.74, 6) is 1.83. The van der Waals surface area contributed by atoms with Crippen LogP contribution in [0.25, 0.3) is 11.4 Å². The first-order chi connectivity index (χ1) is 10.2. The summed E-state index contributed by atoms with van der Waals surface area (Å²) in [6.07, 6.45) is 5.46. The summed E-state index contributed by atoms with van der Waals surface area (Å²) in [6.45, 7) is 2.09. The molecule has 1 N–H and O–H groups in total. The van der Waals surface area contributed by atoms with Crippen molar-refractivity contribution in [3.05, 3.63) is 48.8 Å². The summed E-state index contributed by atoms with van der Waals surface area (Å²) in [5.41, 5.74) is 2.04. The number of rotatable bonds is 4. The highest BCUT2D eigenvalue weighted by Crippen LogP contribution is 2.28. The summed E-state index contributed by atoms with van der Waals surface area (Å²) in [6, 6.07) is 8.19. The Kier molecular flexibility index (Phi) is 3.43. The topological polar surface area (TPSA) is 60.6 Å². The molecule has 0 saturated carbocycles. The Hall–Kier alpha value is -2.63. The number of nitrogens with zero attached hydrogens (tertiary/aromatic N) is 5. The molecular formula is C15H18N6. The molecule has 0 bridgehead atoms. The summed E-state index contributed by atoms with van der Waals surface area (Å²) in [7, 11) is 3.93. The molecule has 21 heavy (non-hydrogen) atoms. The number of imidazole rings is 1. The fourth-order valence-electron chi connectivity index (χ4n) is 2.42. The quantitative estimate of drug-likeness (QED) is 0.798. The predicted molar refractivity (Wildman–Crippen MR) is 81.7 cm³/mol. The van der Waals surface area contributed by atoms with Gasteiger partial charge < -0.3 is 14.5 Å². The minimum absolute atomic E-state index is 0.0966. The molecule has 2 aromatic heterocycles. The maximum atomic E-state index is 4.39. The number of aryl methyl sites for hydroxylation is 2. The molecule has 0 saturated heterocycles. The maximum absolute atomic E-state index is 4.39. The molecular weight excluding hydrogens is 264 g/mol. The smallest absolute Gasteiger partial charge is 0.165 e. The molecule has 1 atom stereocenters. The lowest BCUT2D eigenvalue weighted by atomic mass is 10.1. The second-order valence-corrected chi connectivity index (χ2v) is 5.07. The van der Waals surface area contributed by atoms with Crippen LogP contribution in [0, 0.1) is 0 Å². The third-order valence-electron chi connectivity index (χ3n) is 3.50. The minimum Gasteiger partial charge on any atom is -0.375 e. The minimum atomic E-state index is 0.0966. The molecule has 108 valence electrons. The molecule has 6 nitrogen and oxygen atoms in total. The Morgan fingerprint density at radius 3 is 2.62 bits per heavy atom. The van der Waals surface area contributed by atoms with Gasteiger partial charge in [0, 0.05) is 37.7 Å². The van der Waals surface area contributed by atoms with Gasteiger partial charge in [0.15, 0.2) is 5.82 Å². The first kappa shape index (κ1) is 13.4. The van der Waals surface area contributed by atoms with E-state index in [1.54, 1.807) is 6.33 Å². The van der Waals surface area contributed by atoms with Gasteiger partial charge in [0.2, 0.25) is 0 Å². The molecule has 0 aliphatic heterocycles. The van der Waals surface area contributed by atoms with Crippen LogP contribution in [0.5, 0.6) is 0 Å². The van der Waals surface area contributed by atoms with E-state index >= 15 is 0 Å². The van der Waals surface area contributed by atoms with E-state index in [0.717, 1.165) is 22.9 Å². The highest BCUT2D eigenvalue weighted by Gasteiger charge is 2.14. The van der Waals surface area contributed by atoms with Crippen molar-refractivity contribution in [2.75, 3.05) is 5.32 Å². The van der Waals surface area contributed by atoms with Gasteiger partial charge in [-0.1, -0.05) is 12.1 Å². The van der Waals surface area contributed by atoms with E-state index in [4.69, 9.17) is 0 Å². The summed E-state index contributed by atoms with van der Waals surface area (Å²) >= 11 is 0. The van der Waals surface area contributed by atoms with E-state index in [0.29, 0.717) is 0 Å². The fourth-order valence-corrected chi connectivity index (χ4v) is 2.42. The van der Waals surface area contributed by atoms with Crippen molar-refractivity contribution in [1.82, 2.24) is 24.3 Å². The average Bonchev–Trinajstić information content (AvgIpc) is 3.08. The largest absolute Gasteiger partial charge is 0.375 e. The van der Waals surface area contributed by atoms with Crippen molar-refractivity contribution < 1.29 is 0 Å². The fraction of sp³-hybridized carbons (Fsp3) is 0.267. The van der Waals surface area contributed by atoms with Gasteiger partial charge >= 0.3 is 0 Å². The molecule has 2 heterocycles. The predicted octanol–water partition coefficient (Wildman–Crippen LogP) is 2.39. The van der Waals surface area contributed by atoms with Crippen LogP contribution in [0.4, 0.5) is 5.69 Å². The molecule has 1 unspecified atom stereocenters. The third kappa shape index (κ3) is 2.52. The zero-order chi connectivity index (χ0) is 14.8. The number of aromatic nitrogens is 5. The van der Waals surface area contributed by atoms with Gasteiger partial charge in [-0.05, 0) is 19.1 Å². The lowest BCUT2D eigenvalue weighted by Crippen LogP contribution is -2.12. The van der Waals surface area contributed by atoms with Crippen LogP contribution in [-0.2, 0) is 14.1 Å². The SMILES string of the molecule is CC(Nc1ccccc1-c1nncn1C)c1nccn1C. The van der Waals surface area contributed by atoms with Gasteiger partial charge in [-0.25, -0.2) is 4.98 Å².